The first-order valence-electron chi connectivity index (χ1n) is 41.2. The Morgan fingerprint density at radius 2 is 0.490 bits per heavy atom. The minimum absolute atomic E-state index is 0.106. The van der Waals surface area contributed by atoms with Crippen LogP contribution in [-0.2, 0) is 65.4 Å². The van der Waals surface area contributed by atoms with E-state index in [9.17, 15) is 43.2 Å². The van der Waals surface area contributed by atoms with Crippen LogP contribution in [0.3, 0.4) is 0 Å². The zero-order valence-electron chi connectivity index (χ0n) is 63.9. The highest BCUT2D eigenvalue weighted by Crippen LogP contribution is 2.45. The molecule has 17 nitrogen and oxygen atoms in total. The lowest BCUT2D eigenvalue weighted by atomic mass is 9.99. The van der Waals surface area contributed by atoms with Crippen molar-refractivity contribution in [2.45, 2.75) is 438 Å². The average Bonchev–Trinajstić information content (AvgIpc) is 1.25. The molecule has 6 atom stereocenters. The third kappa shape index (κ3) is 71.1. The van der Waals surface area contributed by atoms with Crippen LogP contribution in [0, 0.1) is 5.92 Å². The summed E-state index contributed by atoms with van der Waals surface area (Å²) < 4.78 is 68.6. The lowest BCUT2D eigenvalue weighted by molar-refractivity contribution is -0.161. The number of phosphoric acid groups is 2. The molecule has 0 saturated heterocycles. The molecule has 98 heavy (non-hydrogen) atoms. The van der Waals surface area contributed by atoms with Gasteiger partial charge in [0.25, 0.3) is 0 Å². The van der Waals surface area contributed by atoms with Gasteiger partial charge in [-0.2, -0.15) is 0 Å². The van der Waals surface area contributed by atoms with Gasteiger partial charge in [-0.25, -0.2) is 9.13 Å². The van der Waals surface area contributed by atoms with Crippen LogP contribution < -0.4 is 0 Å². The Bertz CT molecular complexity index is 1880. The topological polar surface area (TPSA) is 237 Å². The molecule has 0 aliphatic rings. The van der Waals surface area contributed by atoms with Gasteiger partial charge in [-0.1, -0.05) is 369 Å². The van der Waals surface area contributed by atoms with Gasteiger partial charge in [-0.05, 0) is 31.6 Å². The van der Waals surface area contributed by atoms with E-state index in [2.05, 4.69) is 34.6 Å². The number of hydrogen-bond acceptors (Lipinski definition) is 15. The van der Waals surface area contributed by atoms with Crippen LogP contribution in [0.4, 0.5) is 0 Å². The molecule has 0 saturated carbocycles. The fraction of sp³-hybridized carbons (Fsp3) is 0.949. The molecule has 582 valence electrons. The number of carbonyl (C=O) groups excluding carboxylic acids is 4. The summed E-state index contributed by atoms with van der Waals surface area (Å²) in [4.78, 5) is 72.9. The minimum Gasteiger partial charge on any atom is -0.462 e. The van der Waals surface area contributed by atoms with Crippen molar-refractivity contribution in [3.63, 3.8) is 0 Å². The summed E-state index contributed by atoms with van der Waals surface area (Å²) in [6.07, 6.45) is 62.3. The molecule has 0 aromatic rings. The maximum absolute atomic E-state index is 13.1. The van der Waals surface area contributed by atoms with Gasteiger partial charge in [0.2, 0.25) is 0 Å². The molecule has 0 aromatic carbocycles. The molecule has 0 spiro atoms. The molecular weight excluding hydrogens is 1280 g/mol. The number of esters is 4. The van der Waals surface area contributed by atoms with Gasteiger partial charge in [0.1, 0.15) is 19.3 Å². The van der Waals surface area contributed by atoms with Gasteiger partial charge in [0, 0.05) is 25.7 Å². The van der Waals surface area contributed by atoms with E-state index in [0.717, 1.165) is 95.8 Å². The molecule has 0 radical (unpaired) electrons. The molecule has 19 heteroatoms. The first-order chi connectivity index (χ1) is 47.6. The van der Waals surface area contributed by atoms with Crippen molar-refractivity contribution >= 4 is 39.5 Å². The molecule has 0 bridgehead atoms. The summed E-state index contributed by atoms with van der Waals surface area (Å²) in [6.45, 7) is 7.31. The van der Waals surface area contributed by atoms with Crippen LogP contribution >= 0.6 is 15.6 Å². The first-order valence-corrected chi connectivity index (χ1v) is 44.2. The average molecular weight is 1440 g/mol. The molecule has 0 heterocycles. The van der Waals surface area contributed by atoms with E-state index in [1.165, 1.54) is 244 Å². The Labute approximate surface area is 600 Å². The van der Waals surface area contributed by atoms with Crippen molar-refractivity contribution in [3.8, 4) is 0 Å². The summed E-state index contributed by atoms with van der Waals surface area (Å²) in [5, 5.41) is 10.6. The molecule has 0 rings (SSSR count). The van der Waals surface area contributed by atoms with Crippen LogP contribution in [0.15, 0.2) is 0 Å². The number of rotatable bonds is 79. The largest absolute Gasteiger partial charge is 0.472 e. The molecule has 0 aromatic heterocycles. The smallest absolute Gasteiger partial charge is 0.462 e. The van der Waals surface area contributed by atoms with E-state index in [4.69, 9.17) is 37.0 Å². The Morgan fingerprint density at radius 1 is 0.286 bits per heavy atom. The van der Waals surface area contributed by atoms with Crippen LogP contribution in [0.2, 0.25) is 0 Å². The van der Waals surface area contributed by atoms with E-state index in [1.807, 2.05) is 0 Å². The number of phosphoric ester groups is 2. The van der Waals surface area contributed by atoms with Gasteiger partial charge in [-0.3, -0.25) is 37.3 Å². The van der Waals surface area contributed by atoms with Crippen LogP contribution in [0.1, 0.15) is 420 Å². The lowest BCUT2D eigenvalue weighted by Gasteiger charge is -2.21. The predicted molar refractivity (Wildman–Crippen MR) is 400 cm³/mol. The Balaban J connectivity index is 5.24. The molecule has 0 amide bonds. The van der Waals surface area contributed by atoms with E-state index in [0.29, 0.717) is 25.7 Å². The minimum atomic E-state index is -4.96. The third-order valence-electron chi connectivity index (χ3n) is 18.9. The van der Waals surface area contributed by atoms with Crippen molar-refractivity contribution in [2.75, 3.05) is 39.6 Å². The highest BCUT2D eigenvalue weighted by molar-refractivity contribution is 7.47. The zero-order chi connectivity index (χ0) is 71.9. The number of carbonyl (C=O) groups is 4. The SMILES string of the molecule is CCCCCCCCCCCCCCCCCCCCC(=O)O[C@H](COC(=O)CCCCCCCCCCCCCCCCCCC)COP(=O)(O)OC[C@@H](O)COP(=O)(O)OC[C@@H](COC(=O)CCCCCCCCCCCCC)OC(=O)CCCCCCCCCCC(C)CC. The lowest BCUT2D eigenvalue weighted by Crippen LogP contribution is -2.30. The third-order valence-corrected chi connectivity index (χ3v) is 20.8. The van der Waals surface area contributed by atoms with E-state index in [-0.39, 0.29) is 25.7 Å². The van der Waals surface area contributed by atoms with Crippen LogP contribution in [0.5, 0.6) is 0 Å². The number of aliphatic hydroxyl groups excluding tert-OH is 1. The highest BCUT2D eigenvalue weighted by Gasteiger charge is 2.30. The summed E-state index contributed by atoms with van der Waals surface area (Å²) in [6, 6.07) is 0. The van der Waals surface area contributed by atoms with Crippen molar-refractivity contribution in [3.05, 3.63) is 0 Å². The fourth-order valence-corrected chi connectivity index (χ4v) is 13.8. The normalized spacial score (nSPS) is 14.2. The molecule has 0 aliphatic carbocycles. The summed E-state index contributed by atoms with van der Waals surface area (Å²) >= 11 is 0. The maximum atomic E-state index is 13.1. The summed E-state index contributed by atoms with van der Waals surface area (Å²) in [5.74, 6) is -1.34. The fourth-order valence-electron chi connectivity index (χ4n) is 12.2. The Morgan fingerprint density at radius 3 is 0.724 bits per heavy atom. The number of ether oxygens (including phenoxy) is 4. The molecular formula is C79H154O17P2. The zero-order valence-corrected chi connectivity index (χ0v) is 65.7. The number of hydrogen-bond donors (Lipinski definition) is 3. The van der Waals surface area contributed by atoms with Crippen molar-refractivity contribution in [2.24, 2.45) is 5.92 Å². The van der Waals surface area contributed by atoms with Gasteiger partial charge in [0.15, 0.2) is 12.2 Å². The molecule has 3 unspecified atom stereocenters. The van der Waals surface area contributed by atoms with Gasteiger partial charge in [-0.15, -0.1) is 0 Å². The van der Waals surface area contributed by atoms with Crippen LogP contribution in [-0.4, -0.2) is 96.7 Å². The van der Waals surface area contributed by atoms with Crippen molar-refractivity contribution in [1.29, 1.82) is 0 Å². The van der Waals surface area contributed by atoms with Gasteiger partial charge in [0.05, 0.1) is 26.4 Å². The second-order valence-electron chi connectivity index (χ2n) is 28.7. The van der Waals surface area contributed by atoms with E-state index < -0.39 is 97.5 Å². The monoisotopic (exact) mass is 1440 g/mol. The van der Waals surface area contributed by atoms with Gasteiger partial charge >= 0.3 is 39.5 Å². The quantitative estimate of drug-likeness (QED) is 0.0222. The van der Waals surface area contributed by atoms with Crippen molar-refractivity contribution < 1.29 is 80.2 Å². The Hall–Kier alpha value is -1.94. The first kappa shape index (κ1) is 96.1. The number of unbranched alkanes of at least 4 members (excludes halogenated alkanes) is 50. The van der Waals surface area contributed by atoms with Crippen LogP contribution in [0.25, 0.3) is 0 Å². The van der Waals surface area contributed by atoms with E-state index in [1.54, 1.807) is 0 Å². The highest BCUT2D eigenvalue weighted by atomic mass is 31.2. The number of aliphatic hydroxyl groups is 1. The second-order valence-corrected chi connectivity index (χ2v) is 31.6. The maximum Gasteiger partial charge on any atom is 0.472 e. The summed E-state index contributed by atoms with van der Waals surface area (Å²) in [7, 11) is -9.91. The molecule has 3 N–H and O–H groups in total. The van der Waals surface area contributed by atoms with Crippen molar-refractivity contribution in [1.82, 2.24) is 0 Å². The predicted octanol–water partition coefficient (Wildman–Crippen LogP) is 23.6. The molecule has 0 aliphatic heterocycles. The van der Waals surface area contributed by atoms with E-state index >= 15 is 0 Å². The van der Waals surface area contributed by atoms with Gasteiger partial charge < -0.3 is 33.8 Å². The summed E-state index contributed by atoms with van der Waals surface area (Å²) in [5.41, 5.74) is 0. The molecule has 0 fully saturated rings. The second kappa shape index (κ2) is 72.0. The Kier molecular flexibility index (Phi) is 70.6. The standard InChI is InChI=1S/C79H154O17P2/c1-6-10-13-16-19-22-25-27-29-31-33-35-37-40-43-49-54-59-64-78(83)95-74(68-90-77(82)63-58-53-48-42-39-36-34-32-30-28-26-23-20-17-14-11-7-2)70-93-97(85,86)91-66-73(80)67-92-98(87,88)94-71-75(69-89-76(81)62-57-52-47-41-38-24-21-18-15-12-8-3)96-79(84)65-60-55-50-45-44-46-51-56-61-72(5)9-4/h72-75,80H,6-71H2,1-5H3,(H,85,86)(H,87,88)/t72?,73-,74-,75-/m1/s1.